The average Bonchev–Trinajstić information content (AvgIpc) is 2.28. The second kappa shape index (κ2) is 6.91. The molecule has 0 aliphatic rings. The molecule has 108 valence electrons. The average molecular weight is 284 g/mol. The van der Waals surface area contributed by atoms with Gasteiger partial charge < -0.3 is 5.73 Å². The van der Waals surface area contributed by atoms with E-state index in [-0.39, 0.29) is 5.75 Å². The summed E-state index contributed by atoms with van der Waals surface area (Å²) in [6.45, 7) is 5.85. The lowest BCUT2D eigenvalue weighted by molar-refractivity contribution is 0.213. The van der Waals surface area contributed by atoms with Crippen LogP contribution in [0.3, 0.4) is 0 Å². The Labute approximate surface area is 116 Å². The standard InChI is InChI=1S/C14H24N2O2S/c1-12(2)16(9-4-10-19(3,17)18)11-13-5-7-14(15)8-6-13/h5-8,12H,4,9-11,15H2,1-3H3. The molecule has 1 aromatic rings. The molecule has 0 bridgehead atoms. The van der Waals surface area contributed by atoms with E-state index in [1.54, 1.807) is 0 Å². The van der Waals surface area contributed by atoms with Crippen LogP contribution in [-0.4, -0.2) is 37.9 Å². The molecule has 5 heteroatoms. The second-order valence-electron chi connectivity index (χ2n) is 5.29. The van der Waals surface area contributed by atoms with E-state index in [1.807, 2.05) is 24.3 Å². The van der Waals surface area contributed by atoms with Crippen molar-refractivity contribution in [3.63, 3.8) is 0 Å². The molecule has 0 heterocycles. The van der Waals surface area contributed by atoms with E-state index in [0.717, 1.165) is 18.8 Å². The molecule has 0 aliphatic carbocycles. The van der Waals surface area contributed by atoms with Crippen molar-refractivity contribution in [2.75, 3.05) is 24.3 Å². The summed E-state index contributed by atoms with van der Waals surface area (Å²) >= 11 is 0. The first-order valence-electron chi connectivity index (χ1n) is 6.54. The van der Waals surface area contributed by atoms with Gasteiger partial charge in [-0.3, -0.25) is 4.90 Å². The molecule has 0 fully saturated rings. The molecule has 0 radical (unpaired) electrons. The number of nitrogen functional groups attached to an aromatic ring is 1. The number of sulfone groups is 1. The van der Waals surface area contributed by atoms with Crippen LogP contribution in [0.25, 0.3) is 0 Å². The van der Waals surface area contributed by atoms with Crippen LogP contribution >= 0.6 is 0 Å². The van der Waals surface area contributed by atoms with E-state index in [9.17, 15) is 8.42 Å². The zero-order valence-corrected chi connectivity index (χ0v) is 12.8. The Balaban J connectivity index is 2.55. The fourth-order valence-corrected chi connectivity index (χ4v) is 2.56. The minimum Gasteiger partial charge on any atom is -0.399 e. The van der Waals surface area contributed by atoms with Gasteiger partial charge in [-0.2, -0.15) is 0 Å². The molecule has 2 N–H and O–H groups in total. The maximum atomic E-state index is 11.1. The molecule has 19 heavy (non-hydrogen) atoms. The highest BCUT2D eigenvalue weighted by molar-refractivity contribution is 7.90. The summed E-state index contributed by atoms with van der Waals surface area (Å²) in [5.41, 5.74) is 7.62. The van der Waals surface area contributed by atoms with E-state index in [4.69, 9.17) is 5.73 Å². The number of rotatable bonds is 7. The molecular weight excluding hydrogens is 260 g/mol. The predicted molar refractivity (Wildman–Crippen MR) is 80.7 cm³/mol. The molecule has 0 aliphatic heterocycles. The third kappa shape index (κ3) is 6.59. The maximum absolute atomic E-state index is 11.1. The van der Waals surface area contributed by atoms with Gasteiger partial charge in [-0.1, -0.05) is 12.1 Å². The van der Waals surface area contributed by atoms with Crippen LogP contribution in [0.15, 0.2) is 24.3 Å². The molecule has 1 aromatic carbocycles. The lowest BCUT2D eigenvalue weighted by Crippen LogP contribution is -2.32. The van der Waals surface area contributed by atoms with Crippen LogP contribution in [0.5, 0.6) is 0 Å². The van der Waals surface area contributed by atoms with Crippen LogP contribution in [0.2, 0.25) is 0 Å². The summed E-state index contributed by atoms with van der Waals surface area (Å²) in [6, 6.07) is 8.20. The van der Waals surface area contributed by atoms with Crippen LogP contribution in [0.4, 0.5) is 5.69 Å². The highest BCUT2D eigenvalue weighted by atomic mass is 32.2. The van der Waals surface area contributed by atoms with Crippen molar-refractivity contribution >= 4 is 15.5 Å². The summed E-state index contributed by atoms with van der Waals surface area (Å²) in [4.78, 5) is 2.27. The Kier molecular flexibility index (Phi) is 5.82. The molecule has 0 amide bonds. The summed E-state index contributed by atoms with van der Waals surface area (Å²) in [6.07, 6.45) is 1.96. The van der Waals surface area contributed by atoms with Gasteiger partial charge in [0.15, 0.2) is 0 Å². The van der Waals surface area contributed by atoms with Crippen molar-refractivity contribution < 1.29 is 8.42 Å². The second-order valence-corrected chi connectivity index (χ2v) is 7.55. The first kappa shape index (κ1) is 16.0. The van der Waals surface area contributed by atoms with E-state index < -0.39 is 9.84 Å². The Morgan fingerprint density at radius 3 is 2.26 bits per heavy atom. The number of benzene rings is 1. The fourth-order valence-electron chi connectivity index (χ4n) is 1.91. The number of hydrogen-bond acceptors (Lipinski definition) is 4. The topological polar surface area (TPSA) is 63.4 Å². The smallest absolute Gasteiger partial charge is 0.147 e. The summed E-state index contributed by atoms with van der Waals surface area (Å²) in [7, 11) is -2.87. The van der Waals surface area contributed by atoms with Crippen LogP contribution < -0.4 is 5.73 Å². The SMILES string of the molecule is CC(C)N(CCCS(C)(=O)=O)Cc1ccc(N)cc1. The Hall–Kier alpha value is -1.07. The van der Waals surface area contributed by atoms with Gasteiger partial charge in [-0.25, -0.2) is 8.42 Å². The van der Waals surface area contributed by atoms with Gasteiger partial charge in [0.1, 0.15) is 9.84 Å². The normalized spacial score (nSPS) is 12.3. The largest absolute Gasteiger partial charge is 0.399 e. The molecule has 4 nitrogen and oxygen atoms in total. The summed E-state index contributed by atoms with van der Waals surface area (Å²) < 4.78 is 22.3. The minimum atomic E-state index is -2.87. The molecule has 0 unspecified atom stereocenters. The van der Waals surface area contributed by atoms with Crippen LogP contribution in [0.1, 0.15) is 25.8 Å². The Morgan fingerprint density at radius 2 is 1.79 bits per heavy atom. The van der Waals surface area contributed by atoms with Crippen molar-refractivity contribution in [1.82, 2.24) is 4.90 Å². The number of hydrogen-bond donors (Lipinski definition) is 1. The molecule has 0 saturated heterocycles. The predicted octanol–water partition coefficient (Wildman–Crippen LogP) is 1.91. The minimum absolute atomic E-state index is 0.248. The molecule has 0 spiro atoms. The van der Waals surface area contributed by atoms with Gasteiger partial charge in [0, 0.05) is 24.5 Å². The van der Waals surface area contributed by atoms with E-state index in [2.05, 4.69) is 18.7 Å². The highest BCUT2D eigenvalue weighted by Crippen LogP contribution is 2.11. The van der Waals surface area contributed by atoms with Gasteiger partial charge in [-0.15, -0.1) is 0 Å². The zero-order chi connectivity index (χ0) is 14.5. The van der Waals surface area contributed by atoms with Crippen molar-refractivity contribution in [3.8, 4) is 0 Å². The molecule has 0 aromatic heterocycles. The van der Waals surface area contributed by atoms with Gasteiger partial charge in [0.25, 0.3) is 0 Å². The fraction of sp³-hybridized carbons (Fsp3) is 0.571. The monoisotopic (exact) mass is 284 g/mol. The Bertz CT molecular complexity index is 481. The number of anilines is 1. The molecular formula is C14H24N2O2S. The first-order chi connectivity index (χ1) is 8.78. The highest BCUT2D eigenvalue weighted by Gasteiger charge is 2.11. The van der Waals surface area contributed by atoms with Gasteiger partial charge in [0.05, 0.1) is 5.75 Å². The van der Waals surface area contributed by atoms with E-state index in [0.29, 0.717) is 12.5 Å². The van der Waals surface area contributed by atoms with Crippen molar-refractivity contribution in [2.24, 2.45) is 0 Å². The number of nitrogens with two attached hydrogens (primary N) is 1. The molecule has 0 atom stereocenters. The van der Waals surface area contributed by atoms with Gasteiger partial charge >= 0.3 is 0 Å². The van der Waals surface area contributed by atoms with Gasteiger partial charge in [-0.05, 0) is 44.5 Å². The number of nitrogens with zero attached hydrogens (tertiary/aromatic N) is 1. The lowest BCUT2D eigenvalue weighted by Gasteiger charge is -2.26. The zero-order valence-electron chi connectivity index (χ0n) is 12.0. The van der Waals surface area contributed by atoms with E-state index in [1.165, 1.54) is 11.8 Å². The molecule has 1 rings (SSSR count). The summed E-state index contributed by atoms with van der Waals surface area (Å²) in [5.74, 6) is 0.248. The van der Waals surface area contributed by atoms with Crippen LogP contribution in [0, 0.1) is 0 Å². The van der Waals surface area contributed by atoms with E-state index >= 15 is 0 Å². The maximum Gasteiger partial charge on any atom is 0.147 e. The first-order valence-corrected chi connectivity index (χ1v) is 8.60. The lowest BCUT2D eigenvalue weighted by atomic mass is 10.1. The van der Waals surface area contributed by atoms with Gasteiger partial charge in [0.2, 0.25) is 0 Å². The third-order valence-electron chi connectivity index (χ3n) is 3.06. The molecule has 0 saturated carbocycles. The quantitative estimate of drug-likeness (QED) is 0.777. The van der Waals surface area contributed by atoms with Crippen molar-refractivity contribution in [2.45, 2.75) is 32.9 Å². The summed E-state index contributed by atoms with van der Waals surface area (Å²) in [5, 5.41) is 0. The van der Waals surface area contributed by atoms with Crippen LogP contribution in [-0.2, 0) is 16.4 Å². The van der Waals surface area contributed by atoms with Crippen molar-refractivity contribution in [1.29, 1.82) is 0 Å². The Morgan fingerprint density at radius 1 is 1.21 bits per heavy atom. The third-order valence-corrected chi connectivity index (χ3v) is 4.09. The van der Waals surface area contributed by atoms with Crippen molar-refractivity contribution in [3.05, 3.63) is 29.8 Å².